The Morgan fingerprint density at radius 1 is 1.35 bits per heavy atom. The van der Waals surface area contributed by atoms with Crippen LogP contribution in [-0.2, 0) is 4.79 Å². The molecular weight excluding hydrogens is 312 g/mol. The molecule has 1 aliphatic rings. The Kier molecular flexibility index (Phi) is 4.47. The van der Waals surface area contributed by atoms with Crippen molar-refractivity contribution in [2.24, 2.45) is 0 Å². The zero-order chi connectivity index (χ0) is 16.4. The molecule has 1 atom stereocenters. The summed E-state index contributed by atoms with van der Waals surface area (Å²) in [6.07, 6.45) is 0.569. The smallest absolute Gasteiger partial charge is 0.247 e. The van der Waals surface area contributed by atoms with Gasteiger partial charge >= 0.3 is 0 Å². The van der Waals surface area contributed by atoms with Gasteiger partial charge in [0, 0.05) is 18.2 Å². The van der Waals surface area contributed by atoms with Crippen LogP contribution in [0.4, 0.5) is 5.69 Å². The van der Waals surface area contributed by atoms with Crippen molar-refractivity contribution in [3.63, 3.8) is 0 Å². The number of amides is 1. The van der Waals surface area contributed by atoms with Crippen molar-refractivity contribution >= 4 is 23.4 Å². The maximum absolute atomic E-state index is 12.1. The summed E-state index contributed by atoms with van der Waals surface area (Å²) in [5.41, 5.74) is 2.13. The molecule has 7 heteroatoms. The van der Waals surface area contributed by atoms with Crippen LogP contribution < -0.4 is 9.64 Å². The maximum Gasteiger partial charge on any atom is 0.247 e. The zero-order valence-corrected chi connectivity index (χ0v) is 14.1. The summed E-state index contributed by atoms with van der Waals surface area (Å²) in [6.45, 7) is 5.45. The number of para-hydroxylation sites is 1. The van der Waals surface area contributed by atoms with Crippen LogP contribution in [0.3, 0.4) is 0 Å². The van der Waals surface area contributed by atoms with E-state index in [-0.39, 0.29) is 5.91 Å². The molecule has 0 saturated carbocycles. The number of aromatic nitrogens is 3. The van der Waals surface area contributed by atoms with E-state index in [1.54, 1.807) is 16.7 Å². The van der Waals surface area contributed by atoms with Crippen LogP contribution >= 0.6 is 11.8 Å². The lowest BCUT2D eigenvalue weighted by Crippen LogP contribution is -2.40. The average molecular weight is 330 g/mol. The summed E-state index contributed by atoms with van der Waals surface area (Å²) in [5, 5.41) is 9.08. The van der Waals surface area contributed by atoms with E-state index in [0.29, 0.717) is 16.7 Å². The minimum absolute atomic E-state index is 0.0914. The highest BCUT2D eigenvalue weighted by Gasteiger charge is 2.30. The van der Waals surface area contributed by atoms with Crippen LogP contribution in [-0.4, -0.2) is 33.1 Å². The Hall–Kier alpha value is -2.15. The molecule has 23 heavy (non-hydrogen) atoms. The van der Waals surface area contributed by atoms with Gasteiger partial charge in [-0.15, -0.1) is 10.2 Å². The van der Waals surface area contributed by atoms with Gasteiger partial charge in [-0.25, -0.2) is 0 Å². The van der Waals surface area contributed by atoms with Crippen molar-refractivity contribution < 1.29 is 9.53 Å². The number of ether oxygens (including phenoxy) is 1. The van der Waals surface area contributed by atoms with Crippen molar-refractivity contribution in [2.75, 3.05) is 10.7 Å². The Morgan fingerprint density at radius 3 is 2.87 bits per heavy atom. The van der Waals surface area contributed by atoms with Crippen molar-refractivity contribution in [3.05, 3.63) is 24.3 Å². The molecule has 1 unspecified atom stereocenters. The van der Waals surface area contributed by atoms with E-state index in [1.807, 2.05) is 31.2 Å². The fraction of sp³-hybridized carbons (Fsp3) is 0.375. The summed E-state index contributed by atoms with van der Waals surface area (Å²) in [6, 6.07) is 7.57. The second-order valence-electron chi connectivity index (χ2n) is 5.22. The van der Waals surface area contributed by atoms with Crippen molar-refractivity contribution in [1.82, 2.24) is 15.2 Å². The minimum Gasteiger partial charge on any atom is -0.452 e. The zero-order valence-electron chi connectivity index (χ0n) is 13.3. The molecule has 120 valence electrons. The number of rotatable bonds is 3. The first-order chi connectivity index (χ1) is 11.1. The molecule has 0 spiro atoms. The molecule has 2 aromatic rings. The van der Waals surface area contributed by atoms with Gasteiger partial charge < -0.3 is 4.74 Å². The molecule has 0 bridgehead atoms. The quantitative estimate of drug-likeness (QED) is 0.805. The van der Waals surface area contributed by atoms with Crippen molar-refractivity contribution in [3.8, 4) is 17.1 Å². The third-order valence-electron chi connectivity index (χ3n) is 3.47. The van der Waals surface area contributed by atoms with E-state index in [0.717, 1.165) is 23.4 Å². The van der Waals surface area contributed by atoms with Gasteiger partial charge in [-0.3, -0.25) is 9.69 Å². The van der Waals surface area contributed by atoms with Crippen LogP contribution in [0.1, 0.15) is 27.2 Å². The molecule has 0 fully saturated rings. The van der Waals surface area contributed by atoms with Gasteiger partial charge in [0.25, 0.3) is 0 Å². The number of benzene rings is 1. The highest BCUT2D eigenvalue weighted by atomic mass is 32.2. The monoisotopic (exact) mass is 330 g/mol. The standard InChI is InChI=1S/C16H18N4O2S/c1-4-9-23-16-17-15-14(18-19-16)12-7-5-6-8-13(12)20(10(2)21)11(3)22-15/h5-8,11H,4,9H2,1-3H3. The van der Waals surface area contributed by atoms with E-state index in [4.69, 9.17) is 4.74 Å². The molecule has 2 heterocycles. The topological polar surface area (TPSA) is 68.2 Å². The predicted octanol–water partition coefficient (Wildman–Crippen LogP) is 3.13. The lowest BCUT2D eigenvalue weighted by Gasteiger charge is -2.26. The van der Waals surface area contributed by atoms with Crippen LogP contribution in [0, 0.1) is 0 Å². The van der Waals surface area contributed by atoms with Gasteiger partial charge in [0.05, 0.1) is 5.69 Å². The number of anilines is 1. The van der Waals surface area contributed by atoms with Gasteiger partial charge in [0.1, 0.15) is 0 Å². The minimum atomic E-state index is -0.462. The van der Waals surface area contributed by atoms with E-state index in [9.17, 15) is 4.79 Å². The lowest BCUT2D eigenvalue weighted by molar-refractivity contribution is -0.118. The highest BCUT2D eigenvalue weighted by molar-refractivity contribution is 7.99. The number of thioether (sulfide) groups is 1. The Morgan fingerprint density at radius 2 is 2.13 bits per heavy atom. The predicted molar refractivity (Wildman–Crippen MR) is 89.5 cm³/mol. The third-order valence-corrected chi connectivity index (χ3v) is 4.52. The second-order valence-corrected chi connectivity index (χ2v) is 6.28. The molecule has 6 nitrogen and oxygen atoms in total. The normalized spacial score (nSPS) is 16.1. The summed E-state index contributed by atoms with van der Waals surface area (Å²) < 4.78 is 5.91. The fourth-order valence-electron chi connectivity index (χ4n) is 2.52. The van der Waals surface area contributed by atoms with Gasteiger partial charge in [0.15, 0.2) is 11.9 Å². The molecule has 0 N–H and O–H groups in total. The first kappa shape index (κ1) is 15.7. The Balaban J connectivity index is 2.11. The largest absolute Gasteiger partial charge is 0.452 e. The van der Waals surface area contributed by atoms with Crippen LogP contribution in [0.5, 0.6) is 5.88 Å². The van der Waals surface area contributed by atoms with Crippen LogP contribution in [0.2, 0.25) is 0 Å². The molecule has 1 aromatic heterocycles. The lowest BCUT2D eigenvalue weighted by atomic mass is 10.1. The fourth-order valence-corrected chi connectivity index (χ4v) is 3.16. The number of nitrogens with zero attached hydrogens (tertiary/aromatic N) is 4. The van der Waals surface area contributed by atoms with E-state index in [2.05, 4.69) is 22.1 Å². The van der Waals surface area contributed by atoms with Crippen LogP contribution in [0.15, 0.2) is 29.4 Å². The maximum atomic E-state index is 12.1. The molecule has 1 amide bonds. The van der Waals surface area contributed by atoms with Crippen LogP contribution in [0.25, 0.3) is 11.3 Å². The van der Waals surface area contributed by atoms with Crippen molar-refractivity contribution in [1.29, 1.82) is 0 Å². The summed E-state index contributed by atoms with van der Waals surface area (Å²) in [4.78, 5) is 18.2. The van der Waals surface area contributed by atoms with E-state index in [1.165, 1.54) is 6.92 Å². The second kappa shape index (κ2) is 6.54. The van der Waals surface area contributed by atoms with Gasteiger partial charge in [-0.05, 0) is 19.4 Å². The van der Waals surface area contributed by atoms with E-state index >= 15 is 0 Å². The number of carbonyl (C=O) groups is 1. The van der Waals surface area contributed by atoms with Crippen molar-refractivity contribution in [2.45, 2.75) is 38.6 Å². The first-order valence-corrected chi connectivity index (χ1v) is 8.53. The molecule has 0 radical (unpaired) electrons. The van der Waals surface area contributed by atoms with Gasteiger partial charge in [0.2, 0.25) is 16.9 Å². The summed E-state index contributed by atoms with van der Waals surface area (Å²) in [5.74, 6) is 1.25. The number of fused-ring (bicyclic) bond motifs is 3. The summed E-state index contributed by atoms with van der Waals surface area (Å²) >= 11 is 1.54. The number of carbonyl (C=O) groups excluding carboxylic acids is 1. The molecule has 1 aromatic carbocycles. The third kappa shape index (κ3) is 3.01. The number of hydrogen-bond donors (Lipinski definition) is 0. The molecule has 3 rings (SSSR count). The molecule has 0 saturated heterocycles. The van der Waals surface area contributed by atoms with E-state index < -0.39 is 6.23 Å². The Bertz CT molecular complexity index is 738. The molecule has 0 aliphatic carbocycles. The molecular formula is C16H18N4O2S. The first-order valence-electron chi connectivity index (χ1n) is 7.55. The highest BCUT2D eigenvalue weighted by Crippen LogP contribution is 2.39. The van der Waals surface area contributed by atoms with Gasteiger partial charge in [-0.2, -0.15) is 4.98 Å². The SMILES string of the molecule is CCCSc1nnc2c(n1)OC(C)N(C(C)=O)c1ccccc1-2. The average Bonchev–Trinajstić information content (AvgIpc) is 2.65. The summed E-state index contributed by atoms with van der Waals surface area (Å²) in [7, 11) is 0. The number of hydrogen-bond acceptors (Lipinski definition) is 6. The molecule has 1 aliphatic heterocycles. The van der Waals surface area contributed by atoms with Gasteiger partial charge in [-0.1, -0.05) is 36.9 Å². The Labute approximate surface area is 139 Å².